The Hall–Kier alpha value is -1.70. The van der Waals surface area contributed by atoms with Gasteiger partial charge in [-0.05, 0) is 25.3 Å². The molecule has 2 fully saturated rings. The number of aliphatic hydroxyl groups excluding tert-OH is 1. The van der Waals surface area contributed by atoms with Gasteiger partial charge in [0, 0.05) is 37.6 Å². The van der Waals surface area contributed by atoms with Gasteiger partial charge in [0.2, 0.25) is 0 Å². The van der Waals surface area contributed by atoms with Crippen LogP contribution in [0.25, 0.3) is 0 Å². The van der Waals surface area contributed by atoms with Gasteiger partial charge in [-0.2, -0.15) is 0 Å². The maximum atomic E-state index is 12.7. The lowest BCUT2D eigenvalue weighted by molar-refractivity contribution is -0.173. The molecule has 1 unspecified atom stereocenters. The zero-order valence-electron chi connectivity index (χ0n) is 15.3. The Morgan fingerprint density at radius 1 is 1.42 bits per heavy atom. The third-order valence-electron chi connectivity index (χ3n) is 5.84. The van der Waals surface area contributed by atoms with Crippen LogP contribution in [0.4, 0.5) is 0 Å². The average molecular weight is 365 g/mol. The molecule has 26 heavy (non-hydrogen) atoms. The highest BCUT2D eigenvalue weighted by Gasteiger charge is 2.46. The summed E-state index contributed by atoms with van der Waals surface area (Å²) in [7, 11) is 0. The molecule has 0 radical (unpaired) electrons. The van der Waals surface area contributed by atoms with E-state index in [0.717, 1.165) is 25.1 Å². The monoisotopic (exact) mass is 365 g/mol. The SMILES string of the molecule is CC=C1C[C@@H](C)[C@](O)(CCO)C(=O)OCC2=CCN3CC[C@@H](OC1=O)C23. The van der Waals surface area contributed by atoms with E-state index in [2.05, 4.69) is 4.90 Å². The number of esters is 2. The Labute approximate surface area is 153 Å². The van der Waals surface area contributed by atoms with E-state index in [0.29, 0.717) is 5.57 Å². The van der Waals surface area contributed by atoms with Gasteiger partial charge in [-0.3, -0.25) is 4.90 Å². The van der Waals surface area contributed by atoms with Gasteiger partial charge in [0.05, 0.1) is 6.04 Å². The molecule has 2 N–H and O–H groups in total. The number of rotatable bonds is 2. The minimum Gasteiger partial charge on any atom is -0.459 e. The highest BCUT2D eigenvalue weighted by atomic mass is 16.6. The van der Waals surface area contributed by atoms with Gasteiger partial charge in [-0.1, -0.05) is 19.1 Å². The van der Waals surface area contributed by atoms with E-state index in [-0.39, 0.29) is 38.2 Å². The maximum Gasteiger partial charge on any atom is 0.338 e. The van der Waals surface area contributed by atoms with E-state index in [9.17, 15) is 19.8 Å². The Morgan fingerprint density at radius 2 is 2.19 bits per heavy atom. The Bertz CT molecular complexity index is 642. The second-order valence-electron chi connectivity index (χ2n) is 7.34. The Balaban J connectivity index is 1.92. The topological polar surface area (TPSA) is 96.3 Å². The van der Waals surface area contributed by atoms with E-state index in [4.69, 9.17) is 9.47 Å². The van der Waals surface area contributed by atoms with Crippen molar-refractivity contribution in [1.29, 1.82) is 0 Å². The van der Waals surface area contributed by atoms with Gasteiger partial charge in [0.15, 0.2) is 5.60 Å². The zero-order chi connectivity index (χ0) is 18.9. The lowest BCUT2D eigenvalue weighted by Gasteiger charge is -2.33. The van der Waals surface area contributed by atoms with Crippen molar-refractivity contribution in [3.05, 3.63) is 23.3 Å². The van der Waals surface area contributed by atoms with Crippen LogP contribution < -0.4 is 0 Å². The Morgan fingerprint density at radius 3 is 2.88 bits per heavy atom. The number of carbonyl (C=O) groups is 2. The maximum absolute atomic E-state index is 12.7. The lowest BCUT2D eigenvalue weighted by Crippen LogP contribution is -2.48. The first kappa shape index (κ1) is 19.1. The molecule has 3 rings (SSSR count). The van der Waals surface area contributed by atoms with Gasteiger partial charge >= 0.3 is 11.9 Å². The molecule has 0 saturated carbocycles. The fraction of sp³-hybridized carbons (Fsp3) is 0.684. The zero-order valence-corrected chi connectivity index (χ0v) is 15.3. The number of carbonyl (C=O) groups excluding carboxylic acids is 2. The number of aliphatic hydroxyl groups is 2. The molecule has 0 aliphatic carbocycles. The molecular weight excluding hydrogens is 338 g/mol. The molecule has 3 heterocycles. The van der Waals surface area contributed by atoms with Crippen LogP contribution >= 0.6 is 0 Å². The van der Waals surface area contributed by atoms with Crippen molar-refractivity contribution in [1.82, 2.24) is 4.90 Å². The van der Waals surface area contributed by atoms with Crippen molar-refractivity contribution in [2.45, 2.75) is 50.9 Å². The summed E-state index contributed by atoms with van der Waals surface area (Å²) in [6, 6.07) is -0.0763. The second-order valence-corrected chi connectivity index (χ2v) is 7.34. The normalized spacial score (nSPS) is 37.5. The van der Waals surface area contributed by atoms with Crippen LogP contribution in [0.5, 0.6) is 0 Å². The molecule has 7 nitrogen and oxygen atoms in total. The standard InChI is InChI=1S/C19H27NO6/c1-3-13-10-12(2)19(24,6-9-21)18(23)25-11-14-4-7-20-8-5-15(16(14)20)26-17(13)22/h3-4,12,15-16,21,24H,5-11H2,1-2H3/t12-,15-,16?,19-/m1/s1. The smallest absolute Gasteiger partial charge is 0.338 e. The van der Waals surface area contributed by atoms with Crippen molar-refractivity contribution >= 4 is 11.9 Å². The molecule has 144 valence electrons. The summed E-state index contributed by atoms with van der Waals surface area (Å²) in [6.45, 7) is 4.68. The number of allylic oxidation sites excluding steroid dienone is 1. The quantitative estimate of drug-likeness (QED) is 0.419. The fourth-order valence-corrected chi connectivity index (χ4v) is 4.15. The van der Waals surface area contributed by atoms with Crippen molar-refractivity contribution in [2.24, 2.45) is 5.92 Å². The first-order chi connectivity index (χ1) is 12.4. The van der Waals surface area contributed by atoms with Crippen LogP contribution in [0.1, 0.15) is 33.1 Å². The molecule has 0 bridgehead atoms. The van der Waals surface area contributed by atoms with Crippen molar-refractivity contribution in [3.8, 4) is 0 Å². The molecule has 2 saturated heterocycles. The minimum atomic E-state index is -1.85. The van der Waals surface area contributed by atoms with Gasteiger partial charge in [-0.15, -0.1) is 0 Å². The van der Waals surface area contributed by atoms with E-state index >= 15 is 0 Å². The predicted octanol–water partition coefficient (Wildman–Crippen LogP) is 0.555. The number of nitrogens with zero attached hydrogens (tertiary/aromatic N) is 1. The Kier molecular flexibility index (Phi) is 5.50. The lowest BCUT2D eigenvalue weighted by atomic mass is 9.81. The number of cyclic esters (lactones) is 1. The summed E-state index contributed by atoms with van der Waals surface area (Å²) in [5.41, 5.74) is -0.532. The van der Waals surface area contributed by atoms with E-state index in [1.54, 1.807) is 19.9 Å². The average Bonchev–Trinajstić information content (AvgIpc) is 3.19. The van der Waals surface area contributed by atoms with Crippen LogP contribution in [0.3, 0.4) is 0 Å². The summed E-state index contributed by atoms with van der Waals surface area (Å²) in [4.78, 5) is 27.5. The van der Waals surface area contributed by atoms with Gasteiger partial charge in [0.1, 0.15) is 12.7 Å². The molecule has 0 aromatic carbocycles. The molecular formula is C19H27NO6. The summed E-state index contributed by atoms with van der Waals surface area (Å²) < 4.78 is 11.2. The predicted molar refractivity (Wildman–Crippen MR) is 93.1 cm³/mol. The second kappa shape index (κ2) is 7.50. The molecule has 0 aromatic heterocycles. The summed E-state index contributed by atoms with van der Waals surface area (Å²) >= 11 is 0. The molecule has 0 spiro atoms. The highest BCUT2D eigenvalue weighted by Crippen LogP contribution is 2.35. The molecule has 3 aliphatic heterocycles. The number of hydrogen-bond donors (Lipinski definition) is 2. The largest absolute Gasteiger partial charge is 0.459 e. The van der Waals surface area contributed by atoms with E-state index < -0.39 is 23.5 Å². The molecule has 7 heteroatoms. The van der Waals surface area contributed by atoms with Crippen LogP contribution in [0.15, 0.2) is 23.3 Å². The van der Waals surface area contributed by atoms with E-state index in [1.807, 2.05) is 6.08 Å². The van der Waals surface area contributed by atoms with Crippen LogP contribution in [0, 0.1) is 5.92 Å². The fourth-order valence-electron chi connectivity index (χ4n) is 4.15. The number of hydrogen-bond acceptors (Lipinski definition) is 7. The summed E-state index contributed by atoms with van der Waals surface area (Å²) in [5.74, 6) is -1.76. The summed E-state index contributed by atoms with van der Waals surface area (Å²) in [5, 5.41) is 20.2. The molecule has 3 aliphatic rings. The third-order valence-corrected chi connectivity index (χ3v) is 5.84. The molecule has 0 aromatic rings. The van der Waals surface area contributed by atoms with Crippen molar-refractivity contribution in [2.75, 3.05) is 26.3 Å². The van der Waals surface area contributed by atoms with Crippen LogP contribution in [0.2, 0.25) is 0 Å². The first-order valence-corrected chi connectivity index (χ1v) is 9.20. The molecule has 0 amide bonds. The van der Waals surface area contributed by atoms with Crippen LogP contribution in [-0.2, 0) is 19.1 Å². The number of ether oxygens (including phenoxy) is 2. The van der Waals surface area contributed by atoms with E-state index in [1.165, 1.54) is 0 Å². The molecule has 4 atom stereocenters. The van der Waals surface area contributed by atoms with Crippen molar-refractivity contribution < 1.29 is 29.3 Å². The summed E-state index contributed by atoms with van der Waals surface area (Å²) in [6.07, 6.45) is 4.18. The minimum absolute atomic E-state index is 0.0605. The van der Waals surface area contributed by atoms with Gasteiger partial charge < -0.3 is 19.7 Å². The first-order valence-electron chi connectivity index (χ1n) is 9.20. The third kappa shape index (κ3) is 3.31. The highest BCUT2D eigenvalue weighted by molar-refractivity contribution is 5.89. The van der Waals surface area contributed by atoms with Crippen molar-refractivity contribution in [3.63, 3.8) is 0 Å². The van der Waals surface area contributed by atoms with Gasteiger partial charge in [0.25, 0.3) is 0 Å². The van der Waals surface area contributed by atoms with Gasteiger partial charge in [-0.25, -0.2) is 9.59 Å². The van der Waals surface area contributed by atoms with Crippen LogP contribution in [-0.4, -0.2) is 71.1 Å².